The van der Waals surface area contributed by atoms with E-state index in [2.05, 4.69) is 22.9 Å². The summed E-state index contributed by atoms with van der Waals surface area (Å²) in [6, 6.07) is 10.2. The average Bonchev–Trinajstić information content (AvgIpc) is 2.39. The van der Waals surface area contributed by atoms with Gasteiger partial charge < -0.3 is 14.9 Å². The molecule has 1 aliphatic rings. The molecule has 4 nitrogen and oxygen atoms in total. The van der Waals surface area contributed by atoms with Crippen molar-refractivity contribution in [3.63, 3.8) is 0 Å². The van der Waals surface area contributed by atoms with Crippen LogP contribution in [-0.2, 0) is 0 Å². The van der Waals surface area contributed by atoms with Gasteiger partial charge in [0, 0.05) is 32.3 Å². The highest BCUT2D eigenvalue weighted by Gasteiger charge is 2.26. The second-order valence-electron chi connectivity index (χ2n) is 4.75. The van der Waals surface area contributed by atoms with Crippen LogP contribution in [0.2, 0.25) is 0 Å². The Bertz CT molecular complexity index is 441. The molecule has 0 aromatic heterocycles. The van der Waals surface area contributed by atoms with Crippen molar-refractivity contribution in [2.75, 3.05) is 38.2 Å². The van der Waals surface area contributed by atoms with E-state index in [0.29, 0.717) is 5.56 Å². The molecule has 1 aromatic rings. The number of piperazine rings is 1. The molecule has 1 heterocycles. The van der Waals surface area contributed by atoms with E-state index in [1.165, 1.54) is 0 Å². The lowest BCUT2D eigenvalue weighted by atomic mass is 10.1. The maximum atomic E-state index is 9.19. The third-order valence-electron chi connectivity index (χ3n) is 3.48. The summed E-state index contributed by atoms with van der Waals surface area (Å²) in [6.45, 7) is 3.01. The Hall–Kier alpha value is -1.57. The van der Waals surface area contributed by atoms with Crippen LogP contribution in [0.25, 0.3) is 0 Å². The summed E-state index contributed by atoms with van der Waals surface area (Å²) in [5.74, 6) is 0. The smallest absolute Gasteiger partial charge is 0.101 e. The van der Waals surface area contributed by atoms with Crippen molar-refractivity contribution in [1.82, 2.24) is 4.90 Å². The number of hydrogen-bond donors (Lipinski definition) is 1. The summed E-state index contributed by atoms with van der Waals surface area (Å²) in [6.07, 6.45) is 0.740. The Balaban J connectivity index is 2.27. The first-order chi connectivity index (χ1) is 8.76. The molecule has 1 unspecified atom stereocenters. The summed E-state index contributed by atoms with van der Waals surface area (Å²) in [5, 5.41) is 18.4. The molecule has 0 saturated carbocycles. The Morgan fingerprint density at radius 3 is 2.89 bits per heavy atom. The lowest BCUT2D eigenvalue weighted by molar-refractivity contribution is 0.219. The Labute approximate surface area is 108 Å². The van der Waals surface area contributed by atoms with Crippen LogP contribution < -0.4 is 4.90 Å². The molecule has 0 spiro atoms. The van der Waals surface area contributed by atoms with E-state index in [1.54, 1.807) is 0 Å². The first-order valence-corrected chi connectivity index (χ1v) is 6.31. The van der Waals surface area contributed by atoms with Crippen molar-refractivity contribution in [2.45, 2.75) is 12.5 Å². The number of benzene rings is 1. The fourth-order valence-corrected chi connectivity index (χ4v) is 2.54. The topological polar surface area (TPSA) is 50.5 Å². The molecule has 1 aromatic carbocycles. The van der Waals surface area contributed by atoms with Crippen molar-refractivity contribution < 1.29 is 5.11 Å². The maximum Gasteiger partial charge on any atom is 0.101 e. The van der Waals surface area contributed by atoms with Gasteiger partial charge in [-0.1, -0.05) is 12.1 Å². The highest BCUT2D eigenvalue weighted by molar-refractivity contribution is 5.60. The third-order valence-corrected chi connectivity index (χ3v) is 3.48. The Kier molecular flexibility index (Phi) is 4.19. The fraction of sp³-hybridized carbons (Fsp3) is 0.500. The molecule has 1 saturated heterocycles. The number of aliphatic hydroxyl groups excluding tert-OH is 1. The molecular formula is C14H19N3O. The van der Waals surface area contributed by atoms with Crippen molar-refractivity contribution >= 4 is 5.69 Å². The van der Waals surface area contributed by atoms with E-state index < -0.39 is 0 Å². The quantitative estimate of drug-likeness (QED) is 0.865. The van der Waals surface area contributed by atoms with Gasteiger partial charge in [-0.3, -0.25) is 0 Å². The molecule has 1 atom stereocenters. The van der Waals surface area contributed by atoms with Crippen LogP contribution in [-0.4, -0.2) is 49.3 Å². The molecule has 2 rings (SSSR count). The molecule has 0 amide bonds. The number of nitrogens with zero attached hydrogens (tertiary/aromatic N) is 3. The molecule has 96 valence electrons. The van der Waals surface area contributed by atoms with Crippen LogP contribution in [0.15, 0.2) is 24.3 Å². The van der Waals surface area contributed by atoms with E-state index in [1.807, 2.05) is 24.3 Å². The number of anilines is 1. The summed E-state index contributed by atoms with van der Waals surface area (Å²) < 4.78 is 0. The lowest BCUT2D eigenvalue weighted by Gasteiger charge is -2.41. The van der Waals surface area contributed by atoms with Gasteiger partial charge in [-0.15, -0.1) is 0 Å². The van der Waals surface area contributed by atoms with Crippen LogP contribution in [0.3, 0.4) is 0 Å². The van der Waals surface area contributed by atoms with E-state index in [-0.39, 0.29) is 12.6 Å². The zero-order chi connectivity index (χ0) is 13.0. The van der Waals surface area contributed by atoms with Gasteiger partial charge in [-0.2, -0.15) is 5.26 Å². The predicted molar refractivity (Wildman–Crippen MR) is 71.5 cm³/mol. The monoisotopic (exact) mass is 245 g/mol. The molecule has 0 radical (unpaired) electrons. The van der Waals surface area contributed by atoms with Gasteiger partial charge in [0.1, 0.15) is 6.07 Å². The van der Waals surface area contributed by atoms with E-state index in [9.17, 15) is 10.4 Å². The highest BCUT2D eigenvalue weighted by atomic mass is 16.3. The summed E-state index contributed by atoms with van der Waals surface area (Å²) >= 11 is 0. The summed E-state index contributed by atoms with van der Waals surface area (Å²) in [4.78, 5) is 4.53. The molecule has 1 N–H and O–H groups in total. The molecule has 0 aliphatic carbocycles. The standard InChI is InChI=1S/C14H19N3O/c1-16-7-8-17(13(11-16)6-9-18)14-5-3-2-4-12(14)10-15/h2-5,13,18H,6-9,11H2,1H3. The SMILES string of the molecule is CN1CCN(c2ccccc2C#N)C(CCO)C1. The van der Waals surface area contributed by atoms with Crippen LogP contribution >= 0.6 is 0 Å². The first kappa shape index (κ1) is 12.9. The first-order valence-electron chi connectivity index (χ1n) is 6.31. The van der Waals surface area contributed by atoms with Crippen molar-refractivity contribution in [1.29, 1.82) is 5.26 Å². The van der Waals surface area contributed by atoms with Gasteiger partial charge in [0.15, 0.2) is 0 Å². The zero-order valence-electron chi connectivity index (χ0n) is 10.7. The minimum absolute atomic E-state index is 0.184. The van der Waals surface area contributed by atoms with Gasteiger partial charge in [-0.25, -0.2) is 0 Å². The third kappa shape index (κ3) is 2.63. The van der Waals surface area contributed by atoms with Crippen LogP contribution in [0.1, 0.15) is 12.0 Å². The van der Waals surface area contributed by atoms with Gasteiger partial charge >= 0.3 is 0 Å². The number of rotatable bonds is 3. The van der Waals surface area contributed by atoms with Crippen LogP contribution in [0.5, 0.6) is 0 Å². The summed E-state index contributed by atoms with van der Waals surface area (Å²) in [5.41, 5.74) is 1.71. The van der Waals surface area contributed by atoms with Gasteiger partial charge in [-0.05, 0) is 25.6 Å². The largest absolute Gasteiger partial charge is 0.396 e. The number of para-hydroxylation sites is 1. The van der Waals surface area contributed by atoms with E-state index in [4.69, 9.17) is 0 Å². The lowest BCUT2D eigenvalue weighted by Crippen LogP contribution is -2.52. The number of likely N-dealkylation sites (N-methyl/N-ethyl adjacent to an activating group) is 1. The van der Waals surface area contributed by atoms with Gasteiger partial charge in [0.25, 0.3) is 0 Å². The van der Waals surface area contributed by atoms with Crippen LogP contribution in [0, 0.1) is 11.3 Å². The van der Waals surface area contributed by atoms with Crippen molar-refractivity contribution in [3.8, 4) is 6.07 Å². The number of hydrogen-bond acceptors (Lipinski definition) is 4. The van der Waals surface area contributed by atoms with Crippen molar-refractivity contribution in [3.05, 3.63) is 29.8 Å². The Morgan fingerprint density at radius 2 is 2.17 bits per heavy atom. The second-order valence-corrected chi connectivity index (χ2v) is 4.75. The predicted octanol–water partition coefficient (Wildman–Crippen LogP) is 1.06. The Morgan fingerprint density at radius 1 is 1.39 bits per heavy atom. The van der Waals surface area contributed by atoms with E-state index >= 15 is 0 Å². The molecule has 4 heteroatoms. The minimum atomic E-state index is 0.184. The molecule has 1 aliphatic heterocycles. The number of nitriles is 1. The molecule has 1 fully saturated rings. The van der Waals surface area contributed by atoms with Crippen molar-refractivity contribution in [2.24, 2.45) is 0 Å². The maximum absolute atomic E-state index is 9.19. The molecule has 18 heavy (non-hydrogen) atoms. The van der Waals surface area contributed by atoms with E-state index in [0.717, 1.165) is 31.7 Å². The molecular weight excluding hydrogens is 226 g/mol. The van der Waals surface area contributed by atoms with Gasteiger partial charge in [0.2, 0.25) is 0 Å². The van der Waals surface area contributed by atoms with Crippen LogP contribution in [0.4, 0.5) is 5.69 Å². The zero-order valence-corrected chi connectivity index (χ0v) is 10.7. The second kappa shape index (κ2) is 5.85. The minimum Gasteiger partial charge on any atom is -0.396 e. The van der Waals surface area contributed by atoms with Gasteiger partial charge in [0.05, 0.1) is 11.3 Å². The molecule has 0 bridgehead atoms. The average molecular weight is 245 g/mol. The fourth-order valence-electron chi connectivity index (χ4n) is 2.54. The highest BCUT2D eigenvalue weighted by Crippen LogP contribution is 2.25. The normalized spacial score (nSPS) is 20.7. The summed E-state index contributed by atoms with van der Waals surface area (Å²) in [7, 11) is 2.10. The number of aliphatic hydroxyl groups is 1.